The van der Waals surface area contributed by atoms with E-state index < -0.39 is 0 Å². The van der Waals surface area contributed by atoms with E-state index in [2.05, 4.69) is 23.2 Å². The van der Waals surface area contributed by atoms with E-state index in [0.29, 0.717) is 32.8 Å². The molecule has 0 radical (unpaired) electrons. The van der Waals surface area contributed by atoms with Crippen LogP contribution in [0.4, 0.5) is 0 Å². The van der Waals surface area contributed by atoms with E-state index in [4.69, 9.17) is 9.15 Å². The molecule has 1 unspecified atom stereocenters. The van der Waals surface area contributed by atoms with Gasteiger partial charge in [-0.25, -0.2) is 4.98 Å². The molecule has 2 aromatic carbocycles. The van der Waals surface area contributed by atoms with Crippen molar-refractivity contribution in [3.05, 3.63) is 90.2 Å². The number of benzene rings is 2. The average Bonchev–Trinajstić information content (AvgIpc) is 3.42. The Morgan fingerprint density at radius 2 is 2.10 bits per heavy atom. The number of fused-ring (bicyclic) bond motifs is 1. The average molecular weight is 415 g/mol. The molecule has 6 heteroatoms. The second-order valence-electron chi connectivity index (χ2n) is 8.08. The van der Waals surface area contributed by atoms with E-state index in [0.717, 1.165) is 28.5 Å². The number of imidazole rings is 1. The molecule has 0 saturated carbocycles. The molecule has 0 bridgehead atoms. The molecule has 1 aliphatic heterocycles. The summed E-state index contributed by atoms with van der Waals surface area (Å²) in [6, 6.07) is 16.1. The number of rotatable bonds is 5. The highest BCUT2D eigenvalue weighted by molar-refractivity contribution is 5.95. The topological polar surface area (TPSA) is 60.5 Å². The SMILES string of the molecule is O=C(c1ccccc1Cn1ccnc1)N1CCOCC(Cc2ccc3ccoc3c2)C1. The van der Waals surface area contributed by atoms with Crippen molar-refractivity contribution < 1.29 is 13.9 Å². The van der Waals surface area contributed by atoms with Crippen molar-refractivity contribution in [1.82, 2.24) is 14.5 Å². The lowest BCUT2D eigenvalue weighted by atomic mass is 9.98. The van der Waals surface area contributed by atoms with Crippen LogP contribution in [-0.4, -0.2) is 46.7 Å². The highest BCUT2D eigenvalue weighted by Crippen LogP contribution is 2.22. The van der Waals surface area contributed by atoms with Crippen LogP contribution in [0.1, 0.15) is 21.5 Å². The smallest absolute Gasteiger partial charge is 0.254 e. The molecule has 1 fully saturated rings. The zero-order chi connectivity index (χ0) is 21.0. The quantitative estimate of drug-likeness (QED) is 0.494. The van der Waals surface area contributed by atoms with Crippen molar-refractivity contribution in [2.24, 2.45) is 5.92 Å². The zero-order valence-corrected chi connectivity index (χ0v) is 17.3. The maximum Gasteiger partial charge on any atom is 0.254 e. The fourth-order valence-corrected chi connectivity index (χ4v) is 4.26. The number of aromatic nitrogens is 2. The molecule has 1 saturated heterocycles. The Hall–Kier alpha value is -3.38. The largest absolute Gasteiger partial charge is 0.464 e. The number of carbonyl (C=O) groups is 1. The Kier molecular flexibility index (Phi) is 5.54. The number of hydrogen-bond acceptors (Lipinski definition) is 4. The summed E-state index contributed by atoms with van der Waals surface area (Å²) in [5.74, 6) is 0.298. The van der Waals surface area contributed by atoms with Gasteiger partial charge in [-0.2, -0.15) is 0 Å². The molecule has 0 aliphatic carbocycles. The molecule has 3 heterocycles. The standard InChI is InChI=1S/C25H25N3O3/c29-25(23-4-2-1-3-22(23)16-27-9-8-26-18-27)28-10-12-30-17-20(15-28)13-19-5-6-21-7-11-31-24(21)14-19/h1-9,11,14,18,20H,10,12-13,15-17H2. The number of ether oxygens (including phenoxy) is 1. The molecule has 2 aromatic heterocycles. The minimum Gasteiger partial charge on any atom is -0.464 e. The van der Waals surface area contributed by atoms with Crippen LogP contribution in [-0.2, 0) is 17.7 Å². The van der Waals surface area contributed by atoms with Gasteiger partial charge in [-0.1, -0.05) is 30.3 Å². The van der Waals surface area contributed by atoms with Crippen LogP contribution in [0.5, 0.6) is 0 Å². The van der Waals surface area contributed by atoms with Crippen molar-refractivity contribution in [3.8, 4) is 0 Å². The summed E-state index contributed by atoms with van der Waals surface area (Å²) < 4.78 is 13.4. The summed E-state index contributed by atoms with van der Waals surface area (Å²) in [5.41, 5.74) is 3.84. The van der Waals surface area contributed by atoms with Gasteiger partial charge in [0.1, 0.15) is 5.58 Å². The third-order valence-corrected chi connectivity index (χ3v) is 5.83. The molecule has 0 spiro atoms. The van der Waals surface area contributed by atoms with Gasteiger partial charge in [-0.3, -0.25) is 4.79 Å². The summed E-state index contributed by atoms with van der Waals surface area (Å²) in [4.78, 5) is 19.5. The lowest BCUT2D eigenvalue weighted by Crippen LogP contribution is -2.37. The summed E-state index contributed by atoms with van der Waals surface area (Å²) in [6.45, 7) is 3.11. The fraction of sp³-hybridized carbons (Fsp3) is 0.280. The lowest BCUT2D eigenvalue weighted by Gasteiger charge is -2.25. The van der Waals surface area contributed by atoms with E-state index >= 15 is 0 Å². The Morgan fingerprint density at radius 1 is 1.16 bits per heavy atom. The van der Waals surface area contributed by atoms with Gasteiger partial charge in [-0.15, -0.1) is 0 Å². The summed E-state index contributed by atoms with van der Waals surface area (Å²) in [7, 11) is 0. The van der Waals surface area contributed by atoms with Gasteiger partial charge in [0.25, 0.3) is 5.91 Å². The van der Waals surface area contributed by atoms with Crippen LogP contribution in [0.3, 0.4) is 0 Å². The summed E-state index contributed by atoms with van der Waals surface area (Å²) >= 11 is 0. The lowest BCUT2D eigenvalue weighted by molar-refractivity contribution is 0.0736. The Balaban J connectivity index is 1.33. The molecule has 1 atom stereocenters. The van der Waals surface area contributed by atoms with E-state index in [1.165, 1.54) is 5.56 Å². The predicted octanol–water partition coefficient (Wildman–Crippen LogP) is 4.01. The number of hydrogen-bond donors (Lipinski definition) is 0. The minimum absolute atomic E-state index is 0.0627. The van der Waals surface area contributed by atoms with Gasteiger partial charge in [-0.05, 0) is 35.7 Å². The van der Waals surface area contributed by atoms with Gasteiger partial charge in [0, 0.05) is 48.9 Å². The maximum absolute atomic E-state index is 13.5. The Bertz CT molecular complexity index is 1170. The van der Waals surface area contributed by atoms with E-state index in [1.54, 1.807) is 18.8 Å². The number of amides is 1. The second kappa shape index (κ2) is 8.78. The fourth-order valence-electron chi connectivity index (χ4n) is 4.26. The van der Waals surface area contributed by atoms with Crippen molar-refractivity contribution in [1.29, 1.82) is 0 Å². The first-order chi connectivity index (χ1) is 15.3. The van der Waals surface area contributed by atoms with E-state index in [9.17, 15) is 4.79 Å². The van der Waals surface area contributed by atoms with Gasteiger partial charge >= 0.3 is 0 Å². The maximum atomic E-state index is 13.5. The van der Waals surface area contributed by atoms with E-state index in [1.807, 2.05) is 46.0 Å². The van der Waals surface area contributed by atoms with Gasteiger partial charge < -0.3 is 18.6 Å². The molecule has 0 N–H and O–H groups in total. The monoisotopic (exact) mass is 415 g/mol. The molecule has 5 rings (SSSR count). The van der Waals surface area contributed by atoms with Gasteiger partial charge in [0.15, 0.2) is 0 Å². The summed E-state index contributed by atoms with van der Waals surface area (Å²) in [6.07, 6.45) is 7.99. The number of furan rings is 1. The molecule has 6 nitrogen and oxygen atoms in total. The van der Waals surface area contributed by atoms with Crippen molar-refractivity contribution in [2.75, 3.05) is 26.3 Å². The first kappa shape index (κ1) is 19.6. The van der Waals surface area contributed by atoms with Crippen molar-refractivity contribution in [2.45, 2.75) is 13.0 Å². The second-order valence-corrected chi connectivity index (χ2v) is 8.08. The third kappa shape index (κ3) is 4.39. The molecular formula is C25H25N3O3. The van der Waals surface area contributed by atoms with Gasteiger partial charge in [0.2, 0.25) is 0 Å². The molecule has 1 aliphatic rings. The summed E-state index contributed by atoms with van der Waals surface area (Å²) in [5, 5.41) is 1.10. The highest BCUT2D eigenvalue weighted by Gasteiger charge is 2.25. The first-order valence-electron chi connectivity index (χ1n) is 10.6. The zero-order valence-electron chi connectivity index (χ0n) is 17.3. The van der Waals surface area contributed by atoms with Crippen LogP contribution >= 0.6 is 0 Å². The van der Waals surface area contributed by atoms with Crippen molar-refractivity contribution >= 4 is 16.9 Å². The van der Waals surface area contributed by atoms with Crippen LogP contribution < -0.4 is 0 Å². The number of nitrogens with zero attached hydrogens (tertiary/aromatic N) is 3. The highest BCUT2D eigenvalue weighted by atomic mass is 16.5. The van der Waals surface area contributed by atoms with Crippen LogP contribution in [0, 0.1) is 5.92 Å². The minimum atomic E-state index is 0.0627. The van der Waals surface area contributed by atoms with Crippen LogP contribution in [0.15, 0.2) is 77.9 Å². The molecule has 31 heavy (non-hydrogen) atoms. The molecule has 4 aromatic rings. The first-order valence-corrected chi connectivity index (χ1v) is 10.6. The number of carbonyl (C=O) groups excluding carboxylic acids is 1. The van der Waals surface area contributed by atoms with Crippen molar-refractivity contribution in [3.63, 3.8) is 0 Å². The predicted molar refractivity (Wildman–Crippen MR) is 118 cm³/mol. The molecule has 1 amide bonds. The Labute approximate surface area is 181 Å². The normalized spacial score (nSPS) is 17.0. The Morgan fingerprint density at radius 3 is 3.00 bits per heavy atom. The molecular weight excluding hydrogens is 390 g/mol. The third-order valence-electron chi connectivity index (χ3n) is 5.83. The van der Waals surface area contributed by atoms with Crippen LogP contribution in [0.2, 0.25) is 0 Å². The van der Waals surface area contributed by atoms with Gasteiger partial charge in [0.05, 0.1) is 25.8 Å². The molecule has 158 valence electrons. The van der Waals surface area contributed by atoms with E-state index in [-0.39, 0.29) is 11.8 Å². The van der Waals surface area contributed by atoms with Crippen LogP contribution in [0.25, 0.3) is 11.0 Å².